The number of thioether (sulfide) groups is 1. The number of fused-ring (bicyclic) bond motifs is 1. The second kappa shape index (κ2) is 11.0. The van der Waals surface area contributed by atoms with Crippen molar-refractivity contribution in [1.29, 1.82) is 0 Å². The molecular weight excluding hydrogens is 464 g/mol. The van der Waals surface area contributed by atoms with Crippen LogP contribution in [0.5, 0.6) is 0 Å². The van der Waals surface area contributed by atoms with E-state index in [1.807, 2.05) is 37.3 Å². The fraction of sp³-hybridized carbons (Fsp3) is 0.308. The summed E-state index contributed by atoms with van der Waals surface area (Å²) in [5, 5.41) is 3.34. The van der Waals surface area contributed by atoms with Crippen LogP contribution in [-0.2, 0) is 11.2 Å². The molecular formula is C26H28N4O2S2. The van der Waals surface area contributed by atoms with E-state index in [-0.39, 0.29) is 11.5 Å². The Morgan fingerprint density at radius 2 is 1.91 bits per heavy atom. The molecule has 0 spiro atoms. The lowest BCUT2D eigenvalue weighted by Gasteiger charge is -2.14. The zero-order valence-electron chi connectivity index (χ0n) is 19.4. The Morgan fingerprint density at radius 3 is 2.68 bits per heavy atom. The van der Waals surface area contributed by atoms with Crippen molar-refractivity contribution in [2.24, 2.45) is 0 Å². The van der Waals surface area contributed by atoms with E-state index in [4.69, 9.17) is 17.2 Å². The van der Waals surface area contributed by atoms with Gasteiger partial charge in [-0.2, -0.15) is 0 Å². The maximum absolute atomic E-state index is 13.5. The number of hydrogen-bond acceptors (Lipinski definition) is 6. The molecule has 0 aliphatic carbocycles. The number of thiocarbonyl (C=S) groups is 1. The summed E-state index contributed by atoms with van der Waals surface area (Å²) in [6.07, 6.45) is 7.16. The Kier molecular flexibility index (Phi) is 7.80. The van der Waals surface area contributed by atoms with Gasteiger partial charge in [0.05, 0.1) is 10.5 Å². The number of hydrogen-bond donors (Lipinski definition) is 1. The van der Waals surface area contributed by atoms with E-state index >= 15 is 0 Å². The first-order valence-corrected chi connectivity index (χ1v) is 12.8. The molecule has 3 heterocycles. The molecule has 1 saturated heterocycles. The van der Waals surface area contributed by atoms with E-state index in [0.717, 1.165) is 31.2 Å². The molecule has 4 rings (SSSR count). The zero-order valence-corrected chi connectivity index (χ0v) is 21.0. The number of nitrogens with one attached hydrogen (secondary N) is 1. The lowest BCUT2D eigenvalue weighted by molar-refractivity contribution is -0.122. The van der Waals surface area contributed by atoms with Crippen LogP contribution in [0, 0.1) is 6.92 Å². The molecule has 1 aliphatic heterocycles. The fourth-order valence-corrected chi connectivity index (χ4v) is 5.18. The van der Waals surface area contributed by atoms with Crippen molar-refractivity contribution in [2.75, 3.05) is 18.4 Å². The van der Waals surface area contributed by atoms with Gasteiger partial charge in [0.2, 0.25) is 0 Å². The third-order valence-corrected chi connectivity index (χ3v) is 7.15. The van der Waals surface area contributed by atoms with Crippen LogP contribution >= 0.6 is 24.0 Å². The minimum atomic E-state index is -0.216. The summed E-state index contributed by atoms with van der Waals surface area (Å²) in [6, 6.07) is 13.9. The largest absolute Gasteiger partial charge is 0.369 e. The molecule has 1 aromatic carbocycles. The van der Waals surface area contributed by atoms with E-state index in [1.165, 1.54) is 21.7 Å². The van der Waals surface area contributed by atoms with Crippen LogP contribution in [0.3, 0.4) is 0 Å². The van der Waals surface area contributed by atoms with Gasteiger partial charge in [-0.3, -0.25) is 18.9 Å². The molecule has 34 heavy (non-hydrogen) atoms. The standard InChI is InChI=1S/C26H28N4O2S2/c1-3-4-8-15-30-25(32)21(34-26(30)33)17-20-22(27-14-13-19-11-6-5-7-12-19)28-23-18(2)10-9-16-29(23)24(20)31/h5-7,9-12,16-17,27H,3-4,8,13-15H2,1-2H3. The summed E-state index contributed by atoms with van der Waals surface area (Å²) < 4.78 is 2.07. The summed E-state index contributed by atoms with van der Waals surface area (Å²) in [4.78, 5) is 33.4. The van der Waals surface area contributed by atoms with Crippen LogP contribution in [0.25, 0.3) is 11.7 Å². The molecule has 6 nitrogen and oxygen atoms in total. The first-order valence-electron chi connectivity index (χ1n) is 11.5. The van der Waals surface area contributed by atoms with E-state index in [2.05, 4.69) is 24.4 Å². The molecule has 0 unspecified atom stereocenters. The maximum atomic E-state index is 13.5. The van der Waals surface area contributed by atoms with Gasteiger partial charge < -0.3 is 5.32 Å². The first-order chi connectivity index (χ1) is 16.5. The number of carbonyl (C=O) groups is 1. The molecule has 1 amide bonds. The van der Waals surface area contributed by atoms with E-state index in [9.17, 15) is 9.59 Å². The van der Waals surface area contributed by atoms with Gasteiger partial charge in [-0.1, -0.05) is 80.1 Å². The van der Waals surface area contributed by atoms with E-state index in [1.54, 1.807) is 17.2 Å². The molecule has 0 saturated carbocycles. The van der Waals surface area contributed by atoms with E-state index < -0.39 is 0 Å². The van der Waals surface area contributed by atoms with Crippen LogP contribution in [0.4, 0.5) is 5.82 Å². The Hall–Kier alpha value is -2.97. The number of nitrogens with zero attached hydrogens (tertiary/aromatic N) is 3. The molecule has 176 valence electrons. The molecule has 2 aromatic heterocycles. The summed E-state index contributed by atoms with van der Waals surface area (Å²) >= 11 is 6.70. The summed E-state index contributed by atoms with van der Waals surface area (Å²) in [6.45, 7) is 5.26. The minimum absolute atomic E-state index is 0.143. The number of pyridine rings is 1. The van der Waals surface area contributed by atoms with Gasteiger partial charge in [-0.25, -0.2) is 4.98 Å². The lowest BCUT2D eigenvalue weighted by atomic mass is 10.1. The number of amides is 1. The number of unbranched alkanes of at least 4 members (excludes halogenated alkanes) is 2. The van der Waals surface area contributed by atoms with Gasteiger partial charge in [0.25, 0.3) is 11.5 Å². The normalized spacial score (nSPS) is 15.0. The number of carbonyl (C=O) groups excluding carboxylic acids is 1. The van der Waals surface area contributed by atoms with Crippen LogP contribution in [0.1, 0.15) is 42.9 Å². The summed E-state index contributed by atoms with van der Waals surface area (Å²) in [7, 11) is 0. The number of aryl methyl sites for hydroxylation is 1. The maximum Gasteiger partial charge on any atom is 0.267 e. The monoisotopic (exact) mass is 492 g/mol. The second-order valence-corrected chi connectivity index (χ2v) is 9.94. The molecule has 0 bridgehead atoms. The predicted molar refractivity (Wildman–Crippen MR) is 144 cm³/mol. The van der Waals surface area contributed by atoms with Crippen molar-refractivity contribution < 1.29 is 4.79 Å². The van der Waals surface area contributed by atoms with Crippen LogP contribution in [-0.4, -0.2) is 37.6 Å². The van der Waals surface area contributed by atoms with Crippen LogP contribution in [0.15, 0.2) is 58.4 Å². The van der Waals surface area contributed by atoms with Crippen LogP contribution < -0.4 is 10.9 Å². The third kappa shape index (κ3) is 5.23. The fourth-order valence-electron chi connectivity index (χ4n) is 3.89. The summed E-state index contributed by atoms with van der Waals surface area (Å²) in [5.74, 6) is 0.335. The zero-order chi connectivity index (χ0) is 24.1. The highest BCUT2D eigenvalue weighted by Gasteiger charge is 2.32. The molecule has 8 heteroatoms. The van der Waals surface area contributed by atoms with Gasteiger partial charge in [-0.05, 0) is 43.0 Å². The SMILES string of the molecule is CCCCCN1C(=O)C(=Cc2c(NCCc3ccccc3)nc3c(C)cccn3c2=O)SC1=S. The van der Waals surface area contributed by atoms with Gasteiger partial charge >= 0.3 is 0 Å². The number of anilines is 1. The smallest absolute Gasteiger partial charge is 0.267 e. The van der Waals surface area contributed by atoms with Crippen LogP contribution in [0.2, 0.25) is 0 Å². The highest BCUT2D eigenvalue weighted by atomic mass is 32.2. The number of rotatable bonds is 9. The highest BCUT2D eigenvalue weighted by molar-refractivity contribution is 8.26. The van der Waals surface area contributed by atoms with E-state index in [0.29, 0.717) is 39.3 Å². The average molecular weight is 493 g/mol. The molecule has 3 aromatic rings. The van der Waals surface area contributed by atoms with Crippen molar-refractivity contribution in [1.82, 2.24) is 14.3 Å². The minimum Gasteiger partial charge on any atom is -0.369 e. The third-order valence-electron chi connectivity index (χ3n) is 5.77. The van der Waals surface area contributed by atoms with Gasteiger partial charge in [0.15, 0.2) is 0 Å². The predicted octanol–water partition coefficient (Wildman–Crippen LogP) is 5.05. The molecule has 0 atom stereocenters. The topological polar surface area (TPSA) is 66.7 Å². The molecule has 1 fully saturated rings. The first kappa shape index (κ1) is 24.2. The second-order valence-electron chi connectivity index (χ2n) is 8.27. The van der Waals surface area contributed by atoms with Crippen molar-refractivity contribution in [3.05, 3.63) is 80.6 Å². The van der Waals surface area contributed by atoms with Crippen molar-refractivity contribution in [3.63, 3.8) is 0 Å². The summed E-state index contributed by atoms with van der Waals surface area (Å²) in [5.41, 5.74) is 2.84. The van der Waals surface area contributed by atoms with Gasteiger partial charge in [-0.15, -0.1) is 0 Å². The van der Waals surface area contributed by atoms with Crippen molar-refractivity contribution in [3.8, 4) is 0 Å². The van der Waals surface area contributed by atoms with Crippen molar-refractivity contribution >= 4 is 51.7 Å². The Bertz CT molecular complexity index is 1300. The number of benzene rings is 1. The Balaban J connectivity index is 1.68. The lowest BCUT2D eigenvalue weighted by Crippen LogP contribution is -2.29. The van der Waals surface area contributed by atoms with Crippen molar-refractivity contribution in [2.45, 2.75) is 39.5 Å². The quantitative estimate of drug-likeness (QED) is 0.256. The molecule has 1 N–H and O–H groups in total. The molecule has 0 radical (unpaired) electrons. The Labute approximate surface area is 209 Å². The molecule has 1 aliphatic rings. The van der Waals surface area contributed by atoms with Gasteiger partial charge in [0, 0.05) is 19.3 Å². The Morgan fingerprint density at radius 1 is 1.12 bits per heavy atom. The average Bonchev–Trinajstić information content (AvgIpc) is 3.10. The highest BCUT2D eigenvalue weighted by Crippen LogP contribution is 2.33. The van der Waals surface area contributed by atoms with Gasteiger partial charge in [0.1, 0.15) is 15.8 Å². The number of aromatic nitrogens is 2.